The van der Waals surface area contributed by atoms with Gasteiger partial charge in [-0.2, -0.15) is 0 Å². The first-order valence-electron chi connectivity index (χ1n) is 5.13. The summed E-state index contributed by atoms with van der Waals surface area (Å²) in [4.78, 5) is 33.4. The molecule has 0 radical (unpaired) electrons. The highest BCUT2D eigenvalue weighted by molar-refractivity contribution is 6.40. The van der Waals surface area contributed by atoms with E-state index in [1.165, 1.54) is 19.1 Å². The molecule has 5 heteroatoms. The van der Waals surface area contributed by atoms with E-state index in [9.17, 15) is 14.4 Å². The van der Waals surface area contributed by atoms with Gasteiger partial charge < -0.3 is 10.1 Å². The second-order valence-electron chi connectivity index (χ2n) is 3.31. The van der Waals surface area contributed by atoms with Crippen molar-refractivity contribution < 1.29 is 19.1 Å². The van der Waals surface area contributed by atoms with Crippen LogP contribution in [-0.4, -0.2) is 24.3 Å². The van der Waals surface area contributed by atoms with Gasteiger partial charge in [-0.25, -0.2) is 4.79 Å². The Balaban J connectivity index is 2.77. The smallest absolute Gasteiger partial charge is 0.379 e. The number of hydrogen-bond donors (Lipinski definition) is 1. The van der Waals surface area contributed by atoms with Gasteiger partial charge in [-0.15, -0.1) is 0 Å². The predicted octanol–water partition coefficient (Wildman–Crippen LogP) is 1.39. The Morgan fingerprint density at radius 1 is 1.18 bits per heavy atom. The molecule has 0 atom stereocenters. The first kappa shape index (κ1) is 12.9. The van der Waals surface area contributed by atoms with Crippen molar-refractivity contribution in [1.29, 1.82) is 0 Å². The van der Waals surface area contributed by atoms with Crippen LogP contribution in [0.1, 0.15) is 24.2 Å². The number of ketones is 1. The standard InChI is InChI=1S/C12H13NO4/c1-3-17-12(16)11(15)9-4-6-10(7-5-9)13-8(2)14/h4-7H,3H2,1-2H3,(H,13,14). The Hall–Kier alpha value is -2.17. The molecule has 5 nitrogen and oxygen atoms in total. The van der Waals surface area contributed by atoms with Gasteiger partial charge in [0, 0.05) is 18.2 Å². The molecule has 0 spiro atoms. The Morgan fingerprint density at radius 3 is 2.24 bits per heavy atom. The molecule has 0 aromatic heterocycles. The lowest BCUT2D eigenvalue weighted by Crippen LogP contribution is -2.17. The number of rotatable bonds is 4. The number of amides is 1. The number of anilines is 1. The van der Waals surface area contributed by atoms with Crippen LogP contribution in [0, 0.1) is 0 Å². The van der Waals surface area contributed by atoms with E-state index < -0.39 is 11.8 Å². The van der Waals surface area contributed by atoms with Crippen LogP contribution in [0.25, 0.3) is 0 Å². The summed E-state index contributed by atoms with van der Waals surface area (Å²) in [6.45, 7) is 3.18. The van der Waals surface area contributed by atoms with E-state index in [0.29, 0.717) is 5.69 Å². The zero-order chi connectivity index (χ0) is 12.8. The van der Waals surface area contributed by atoms with Gasteiger partial charge in [0.2, 0.25) is 5.91 Å². The van der Waals surface area contributed by atoms with Crippen LogP contribution < -0.4 is 5.32 Å². The number of Topliss-reactive ketones (excluding diaryl/α,β-unsaturated/α-hetero) is 1. The molecule has 1 aromatic carbocycles. The van der Waals surface area contributed by atoms with Gasteiger partial charge in [-0.1, -0.05) is 0 Å². The fourth-order valence-corrected chi connectivity index (χ4v) is 1.22. The molecule has 0 aliphatic rings. The minimum Gasteiger partial charge on any atom is -0.460 e. The molecule has 17 heavy (non-hydrogen) atoms. The molecular formula is C12H13NO4. The van der Waals surface area contributed by atoms with Crippen LogP contribution in [0.5, 0.6) is 0 Å². The highest BCUT2D eigenvalue weighted by atomic mass is 16.5. The van der Waals surface area contributed by atoms with Crippen molar-refractivity contribution >= 4 is 23.3 Å². The minimum absolute atomic E-state index is 0.161. The maximum absolute atomic E-state index is 11.5. The second-order valence-corrected chi connectivity index (χ2v) is 3.31. The van der Waals surface area contributed by atoms with E-state index in [4.69, 9.17) is 0 Å². The third kappa shape index (κ3) is 3.71. The number of ether oxygens (including phenoxy) is 1. The zero-order valence-corrected chi connectivity index (χ0v) is 9.65. The van der Waals surface area contributed by atoms with E-state index in [2.05, 4.69) is 10.1 Å². The molecule has 1 rings (SSSR count). The van der Waals surface area contributed by atoms with Crippen LogP contribution in [0.4, 0.5) is 5.69 Å². The molecule has 0 saturated carbocycles. The summed E-state index contributed by atoms with van der Waals surface area (Å²) >= 11 is 0. The van der Waals surface area contributed by atoms with E-state index in [1.54, 1.807) is 19.1 Å². The monoisotopic (exact) mass is 235 g/mol. The molecule has 0 saturated heterocycles. The molecule has 1 amide bonds. The number of carbonyl (C=O) groups is 3. The minimum atomic E-state index is -0.875. The fourth-order valence-electron chi connectivity index (χ4n) is 1.22. The normalized spacial score (nSPS) is 9.53. The maximum Gasteiger partial charge on any atom is 0.379 e. The first-order chi connectivity index (χ1) is 8.04. The lowest BCUT2D eigenvalue weighted by molar-refractivity contribution is -0.137. The van der Waals surface area contributed by atoms with E-state index in [0.717, 1.165) is 0 Å². The van der Waals surface area contributed by atoms with Crippen LogP contribution >= 0.6 is 0 Å². The quantitative estimate of drug-likeness (QED) is 0.486. The Bertz CT molecular complexity index is 436. The van der Waals surface area contributed by atoms with Crippen LogP contribution in [0.3, 0.4) is 0 Å². The molecule has 1 aromatic rings. The highest BCUT2D eigenvalue weighted by Crippen LogP contribution is 2.10. The summed E-state index contributed by atoms with van der Waals surface area (Å²) in [6.07, 6.45) is 0. The molecule has 1 N–H and O–H groups in total. The Morgan fingerprint density at radius 2 is 1.76 bits per heavy atom. The van der Waals surface area contributed by atoms with Crippen molar-refractivity contribution in [2.24, 2.45) is 0 Å². The van der Waals surface area contributed by atoms with Crippen LogP contribution in [0.15, 0.2) is 24.3 Å². The molecule has 0 heterocycles. The number of hydrogen-bond acceptors (Lipinski definition) is 4. The van der Waals surface area contributed by atoms with Crippen molar-refractivity contribution in [3.05, 3.63) is 29.8 Å². The lowest BCUT2D eigenvalue weighted by atomic mass is 10.1. The van der Waals surface area contributed by atoms with E-state index in [-0.39, 0.29) is 18.1 Å². The summed E-state index contributed by atoms with van der Waals surface area (Å²) in [5.74, 6) is -1.77. The largest absolute Gasteiger partial charge is 0.460 e. The highest BCUT2D eigenvalue weighted by Gasteiger charge is 2.16. The molecule has 90 valence electrons. The fraction of sp³-hybridized carbons (Fsp3) is 0.250. The van der Waals surface area contributed by atoms with Crippen LogP contribution in [0.2, 0.25) is 0 Å². The van der Waals surface area contributed by atoms with Crippen molar-refractivity contribution in [1.82, 2.24) is 0 Å². The SMILES string of the molecule is CCOC(=O)C(=O)c1ccc(NC(C)=O)cc1. The number of esters is 1. The average molecular weight is 235 g/mol. The van der Waals surface area contributed by atoms with E-state index in [1.807, 2.05) is 0 Å². The van der Waals surface area contributed by atoms with Gasteiger partial charge in [-0.05, 0) is 31.2 Å². The van der Waals surface area contributed by atoms with Crippen molar-refractivity contribution in [3.8, 4) is 0 Å². The second kappa shape index (κ2) is 5.79. The third-order valence-corrected chi connectivity index (χ3v) is 1.93. The summed E-state index contributed by atoms with van der Waals surface area (Å²) in [5.41, 5.74) is 0.801. The van der Waals surface area contributed by atoms with Gasteiger partial charge in [0.15, 0.2) is 0 Å². The summed E-state index contributed by atoms with van der Waals surface area (Å²) in [7, 11) is 0. The number of carbonyl (C=O) groups excluding carboxylic acids is 3. The van der Waals surface area contributed by atoms with Crippen molar-refractivity contribution in [2.75, 3.05) is 11.9 Å². The predicted molar refractivity (Wildman–Crippen MR) is 61.7 cm³/mol. The van der Waals surface area contributed by atoms with Gasteiger partial charge in [0.05, 0.1) is 6.61 Å². The third-order valence-electron chi connectivity index (χ3n) is 1.93. The molecule has 0 aliphatic heterocycles. The first-order valence-corrected chi connectivity index (χ1v) is 5.13. The van der Waals surface area contributed by atoms with Gasteiger partial charge in [0.25, 0.3) is 5.78 Å². The molecule has 0 fully saturated rings. The van der Waals surface area contributed by atoms with Crippen molar-refractivity contribution in [2.45, 2.75) is 13.8 Å². The average Bonchev–Trinajstić information content (AvgIpc) is 2.28. The van der Waals surface area contributed by atoms with Gasteiger partial charge >= 0.3 is 5.97 Å². The van der Waals surface area contributed by atoms with Gasteiger partial charge in [0.1, 0.15) is 0 Å². The van der Waals surface area contributed by atoms with E-state index >= 15 is 0 Å². The Labute approximate surface area is 98.8 Å². The van der Waals surface area contributed by atoms with Crippen molar-refractivity contribution in [3.63, 3.8) is 0 Å². The summed E-state index contributed by atoms with van der Waals surface area (Å²) < 4.78 is 4.59. The molecule has 0 bridgehead atoms. The summed E-state index contributed by atoms with van der Waals surface area (Å²) in [5, 5.41) is 2.56. The number of nitrogens with one attached hydrogen (secondary N) is 1. The molecular weight excluding hydrogens is 222 g/mol. The van der Waals surface area contributed by atoms with Crippen LogP contribution in [-0.2, 0) is 14.3 Å². The summed E-state index contributed by atoms with van der Waals surface area (Å²) in [6, 6.07) is 6.02. The van der Waals surface area contributed by atoms with Gasteiger partial charge in [-0.3, -0.25) is 9.59 Å². The molecule has 0 aliphatic carbocycles. The molecule has 0 unspecified atom stereocenters. The number of benzene rings is 1. The zero-order valence-electron chi connectivity index (χ0n) is 9.65. The Kier molecular flexibility index (Phi) is 4.39. The maximum atomic E-state index is 11.5. The topological polar surface area (TPSA) is 72.5 Å². The lowest BCUT2D eigenvalue weighted by Gasteiger charge is -2.03.